The van der Waals surface area contributed by atoms with Gasteiger partial charge in [0.2, 0.25) is 0 Å². The van der Waals surface area contributed by atoms with Gasteiger partial charge in [0.15, 0.2) is 0 Å². The van der Waals surface area contributed by atoms with E-state index in [1.165, 1.54) is 51.6 Å². The van der Waals surface area contributed by atoms with E-state index in [2.05, 4.69) is 18.7 Å². The minimum atomic E-state index is 0.813. The van der Waals surface area contributed by atoms with E-state index >= 15 is 0 Å². The van der Waals surface area contributed by atoms with Crippen molar-refractivity contribution in [2.45, 2.75) is 58.4 Å². The lowest BCUT2D eigenvalue weighted by atomic mass is 10.1. The van der Waals surface area contributed by atoms with Gasteiger partial charge in [-0.15, -0.1) is 11.6 Å². The van der Waals surface area contributed by atoms with Crippen LogP contribution >= 0.6 is 11.6 Å². The van der Waals surface area contributed by atoms with Crippen LogP contribution in [0.4, 0.5) is 0 Å². The van der Waals surface area contributed by atoms with E-state index in [0.29, 0.717) is 0 Å². The maximum Gasteiger partial charge on any atom is 0.0223 e. The average Bonchev–Trinajstić information content (AvgIpc) is 2.98. The van der Waals surface area contributed by atoms with Crippen molar-refractivity contribution in [2.24, 2.45) is 5.92 Å². The predicted octanol–water partition coefficient (Wildman–Crippen LogP) is 3.91. The minimum Gasteiger partial charge on any atom is -0.300 e. The lowest BCUT2D eigenvalue weighted by molar-refractivity contribution is 0.229. The van der Waals surface area contributed by atoms with Gasteiger partial charge in [-0.25, -0.2) is 0 Å². The average molecular weight is 232 g/mol. The fourth-order valence-corrected chi connectivity index (χ4v) is 2.28. The van der Waals surface area contributed by atoms with Crippen molar-refractivity contribution >= 4 is 11.6 Å². The van der Waals surface area contributed by atoms with Gasteiger partial charge in [0.05, 0.1) is 0 Å². The highest BCUT2D eigenvalue weighted by Crippen LogP contribution is 2.27. The summed E-state index contributed by atoms with van der Waals surface area (Å²) in [7, 11) is 0. The largest absolute Gasteiger partial charge is 0.300 e. The molecule has 1 saturated carbocycles. The Hall–Kier alpha value is 0.250. The zero-order chi connectivity index (χ0) is 11.1. The second kappa shape index (κ2) is 7.51. The van der Waals surface area contributed by atoms with Crippen molar-refractivity contribution in [3.8, 4) is 0 Å². The highest BCUT2D eigenvalue weighted by molar-refractivity contribution is 6.17. The number of halogens is 1. The van der Waals surface area contributed by atoms with Gasteiger partial charge in [-0.05, 0) is 38.1 Å². The summed E-state index contributed by atoms with van der Waals surface area (Å²) in [6.45, 7) is 7.25. The first kappa shape index (κ1) is 13.3. The highest BCUT2D eigenvalue weighted by atomic mass is 35.5. The van der Waals surface area contributed by atoms with E-state index in [1.54, 1.807) is 0 Å². The molecule has 0 aromatic heterocycles. The molecule has 0 unspecified atom stereocenters. The van der Waals surface area contributed by atoms with E-state index in [1.807, 2.05) is 0 Å². The minimum absolute atomic E-state index is 0.813. The number of hydrogen-bond acceptors (Lipinski definition) is 1. The van der Waals surface area contributed by atoms with Gasteiger partial charge in [0.1, 0.15) is 0 Å². The number of hydrogen-bond donors (Lipinski definition) is 0. The summed E-state index contributed by atoms with van der Waals surface area (Å²) < 4.78 is 0. The van der Waals surface area contributed by atoms with E-state index in [-0.39, 0.29) is 0 Å². The van der Waals surface area contributed by atoms with Gasteiger partial charge in [-0.2, -0.15) is 0 Å². The van der Waals surface area contributed by atoms with Crippen LogP contribution < -0.4 is 0 Å². The molecule has 90 valence electrons. The lowest BCUT2D eigenvalue weighted by Crippen LogP contribution is -2.30. The van der Waals surface area contributed by atoms with Crippen molar-refractivity contribution in [3.05, 3.63) is 0 Å². The first-order valence-corrected chi connectivity index (χ1v) is 7.07. The van der Waals surface area contributed by atoms with Crippen LogP contribution in [0.15, 0.2) is 0 Å². The Labute approximate surface area is 100 Å². The normalized spacial score (nSPS) is 16.6. The van der Waals surface area contributed by atoms with Gasteiger partial charge in [-0.3, -0.25) is 0 Å². The van der Waals surface area contributed by atoms with Crippen molar-refractivity contribution < 1.29 is 0 Å². The molecule has 0 saturated heterocycles. The molecule has 1 aliphatic rings. The molecule has 0 aromatic rings. The summed E-state index contributed by atoms with van der Waals surface area (Å²) in [5, 5.41) is 0. The predicted molar refractivity (Wildman–Crippen MR) is 68.6 cm³/mol. The van der Waals surface area contributed by atoms with Crippen LogP contribution in [0.25, 0.3) is 0 Å². The molecule has 2 heteroatoms. The number of nitrogens with zero attached hydrogens (tertiary/aromatic N) is 1. The molecule has 0 atom stereocenters. The first-order valence-electron chi connectivity index (χ1n) is 6.54. The second-order valence-corrected chi connectivity index (χ2v) is 5.60. The molecule has 0 spiro atoms. The third-order valence-corrected chi connectivity index (χ3v) is 3.26. The molecule has 15 heavy (non-hydrogen) atoms. The molecule has 0 aromatic carbocycles. The quantitative estimate of drug-likeness (QED) is 0.430. The van der Waals surface area contributed by atoms with Crippen LogP contribution in [-0.4, -0.2) is 29.9 Å². The fraction of sp³-hybridized carbons (Fsp3) is 1.00. The molecule has 0 radical (unpaired) electrons. The monoisotopic (exact) mass is 231 g/mol. The van der Waals surface area contributed by atoms with Gasteiger partial charge in [-0.1, -0.05) is 26.7 Å². The van der Waals surface area contributed by atoms with Gasteiger partial charge in [0.25, 0.3) is 0 Å². The van der Waals surface area contributed by atoms with Crippen LogP contribution in [-0.2, 0) is 0 Å². The molecule has 1 fully saturated rings. The molecule has 0 aliphatic heterocycles. The molecule has 0 heterocycles. The Balaban J connectivity index is 2.04. The number of alkyl halides is 1. The van der Waals surface area contributed by atoms with E-state index < -0.39 is 0 Å². The summed E-state index contributed by atoms with van der Waals surface area (Å²) >= 11 is 5.66. The van der Waals surface area contributed by atoms with Crippen LogP contribution in [0.2, 0.25) is 0 Å². The van der Waals surface area contributed by atoms with E-state index in [4.69, 9.17) is 11.6 Å². The SMILES string of the molecule is CC(C)CN(CCCCCCCl)C1CC1. The Morgan fingerprint density at radius 1 is 1.13 bits per heavy atom. The Bertz CT molecular complexity index is 155. The summed E-state index contributed by atoms with van der Waals surface area (Å²) in [5.74, 6) is 1.65. The number of rotatable bonds is 9. The van der Waals surface area contributed by atoms with Crippen LogP contribution in [0, 0.1) is 5.92 Å². The molecule has 0 N–H and O–H groups in total. The molecule has 0 amide bonds. The number of unbranched alkanes of at least 4 members (excludes halogenated alkanes) is 3. The van der Waals surface area contributed by atoms with Crippen molar-refractivity contribution in [1.29, 1.82) is 0 Å². The molecular weight excluding hydrogens is 206 g/mol. The molecule has 0 bridgehead atoms. The maximum atomic E-state index is 5.66. The lowest BCUT2D eigenvalue weighted by Gasteiger charge is -2.23. The van der Waals surface area contributed by atoms with Gasteiger partial charge >= 0.3 is 0 Å². The standard InChI is InChI=1S/C13H26ClN/c1-12(2)11-15(13-7-8-13)10-6-4-3-5-9-14/h12-13H,3-11H2,1-2H3. The van der Waals surface area contributed by atoms with E-state index in [9.17, 15) is 0 Å². The molecule has 1 nitrogen and oxygen atoms in total. The Morgan fingerprint density at radius 3 is 2.33 bits per heavy atom. The zero-order valence-electron chi connectivity index (χ0n) is 10.3. The molecular formula is C13H26ClN. The first-order chi connectivity index (χ1) is 7.24. The third kappa shape index (κ3) is 6.42. The molecule has 1 aliphatic carbocycles. The van der Waals surface area contributed by atoms with Crippen molar-refractivity contribution in [3.63, 3.8) is 0 Å². The van der Waals surface area contributed by atoms with Gasteiger partial charge < -0.3 is 4.90 Å². The fourth-order valence-electron chi connectivity index (χ4n) is 2.09. The summed E-state index contributed by atoms with van der Waals surface area (Å²) in [6.07, 6.45) is 8.09. The Kier molecular flexibility index (Phi) is 6.67. The van der Waals surface area contributed by atoms with Crippen LogP contribution in [0.3, 0.4) is 0 Å². The topological polar surface area (TPSA) is 3.24 Å². The summed E-state index contributed by atoms with van der Waals surface area (Å²) in [6, 6.07) is 0.931. The maximum absolute atomic E-state index is 5.66. The summed E-state index contributed by atoms with van der Waals surface area (Å²) in [4.78, 5) is 2.70. The van der Waals surface area contributed by atoms with Crippen LogP contribution in [0.5, 0.6) is 0 Å². The smallest absolute Gasteiger partial charge is 0.0223 e. The van der Waals surface area contributed by atoms with Crippen molar-refractivity contribution in [2.75, 3.05) is 19.0 Å². The third-order valence-electron chi connectivity index (χ3n) is 2.99. The molecule has 1 rings (SSSR count). The highest BCUT2D eigenvalue weighted by Gasteiger charge is 2.28. The van der Waals surface area contributed by atoms with Crippen molar-refractivity contribution in [1.82, 2.24) is 4.90 Å². The van der Waals surface area contributed by atoms with Crippen LogP contribution in [0.1, 0.15) is 52.4 Å². The Morgan fingerprint density at radius 2 is 1.80 bits per heavy atom. The zero-order valence-corrected chi connectivity index (χ0v) is 11.1. The summed E-state index contributed by atoms with van der Waals surface area (Å²) in [5.41, 5.74) is 0. The second-order valence-electron chi connectivity index (χ2n) is 5.22. The van der Waals surface area contributed by atoms with E-state index in [0.717, 1.165) is 17.8 Å². The van der Waals surface area contributed by atoms with Gasteiger partial charge in [0, 0.05) is 18.5 Å².